The predicted molar refractivity (Wildman–Crippen MR) is 128 cm³/mol. The summed E-state index contributed by atoms with van der Waals surface area (Å²) in [5.74, 6) is 0.392. The SMILES string of the molecule is C=CCSc1nnc(-c2ccccc2NC(=O)c2ccc(Cl)c(S(=O)(=O)N3CCCC3)c2)o1. The average Bonchev–Trinajstić information content (AvgIpc) is 3.51. The molecule has 1 amide bonds. The van der Waals surface area contributed by atoms with Gasteiger partial charge in [-0.3, -0.25) is 4.79 Å². The zero-order valence-electron chi connectivity index (χ0n) is 17.5. The largest absolute Gasteiger partial charge is 0.411 e. The first-order valence-corrected chi connectivity index (χ1v) is 13.0. The fraction of sp³-hybridized carbons (Fsp3) is 0.227. The minimum atomic E-state index is -3.78. The summed E-state index contributed by atoms with van der Waals surface area (Å²) in [6.45, 7) is 4.55. The van der Waals surface area contributed by atoms with Gasteiger partial charge in [0.15, 0.2) is 0 Å². The Hall–Kier alpha value is -2.66. The van der Waals surface area contributed by atoms with Crippen LogP contribution in [0.5, 0.6) is 0 Å². The van der Waals surface area contributed by atoms with Gasteiger partial charge in [0.25, 0.3) is 17.0 Å². The Morgan fingerprint density at radius 3 is 2.73 bits per heavy atom. The number of sulfonamides is 1. The molecule has 1 N–H and O–H groups in total. The van der Waals surface area contributed by atoms with Crippen molar-refractivity contribution in [2.24, 2.45) is 0 Å². The van der Waals surface area contributed by atoms with E-state index in [1.54, 1.807) is 30.3 Å². The van der Waals surface area contributed by atoms with Gasteiger partial charge in [0, 0.05) is 24.4 Å². The van der Waals surface area contributed by atoms with Gasteiger partial charge in [0.2, 0.25) is 10.0 Å². The van der Waals surface area contributed by atoms with E-state index in [2.05, 4.69) is 22.1 Å². The van der Waals surface area contributed by atoms with Crippen molar-refractivity contribution in [1.82, 2.24) is 14.5 Å². The maximum absolute atomic E-state index is 13.0. The van der Waals surface area contributed by atoms with E-state index in [-0.39, 0.29) is 21.4 Å². The highest BCUT2D eigenvalue weighted by molar-refractivity contribution is 7.99. The summed E-state index contributed by atoms with van der Waals surface area (Å²) in [4.78, 5) is 12.9. The van der Waals surface area contributed by atoms with E-state index in [0.717, 1.165) is 12.8 Å². The van der Waals surface area contributed by atoms with E-state index in [1.807, 2.05) is 0 Å². The van der Waals surface area contributed by atoms with Gasteiger partial charge in [0.05, 0.1) is 16.3 Å². The number of rotatable bonds is 8. The van der Waals surface area contributed by atoms with Crippen LogP contribution < -0.4 is 5.32 Å². The Kier molecular flexibility index (Phi) is 7.18. The minimum absolute atomic E-state index is 0.0761. The van der Waals surface area contributed by atoms with Gasteiger partial charge in [-0.25, -0.2) is 8.42 Å². The molecule has 0 unspecified atom stereocenters. The van der Waals surface area contributed by atoms with Crippen LogP contribution in [0.25, 0.3) is 11.5 Å². The second kappa shape index (κ2) is 10.1. The average molecular weight is 505 g/mol. The zero-order chi connectivity index (χ0) is 23.4. The molecule has 1 fully saturated rings. The van der Waals surface area contributed by atoms with Crippen LogP contribution in [-0.4, -0.2) is 47.7 Å². The van der Waals surface area contributed by atoms with Gasteiger partial charge in [-0.05, 0) is 43.2 Å². The predicted octanol–water partition coefficient (Wildman–Crippen LogP) is 4.70. The number of carbonyl (C=O) groups is 1. The van der Waals surface area contributed by atoms with Crippen LogP contribution >= 0.6 is 23.4 Å². The van der Waals surface area contributed by atoms with Gasteiger partial charge in [-0.2, -0.15) is 4.31 Å². The molecule has 0 saturated carbocycles. The highest BCUT2D eigenvalue weighted by atomic mass is 35.5. The lowest BCUT2D eigenvalue weighted by Crippen LogP contribution is -2.28. The monoisotopic (exact) mass is 504 g/mol. The molecule has 1 aromatic heterocycles. The van der Waals surface area contributed by atoms with Gasteiger partial charge in [0.1, 0.15) is 4.90 Å². The van der Waals surface area contributed by atoms with Gasteiger partial charge >= 0.3 is 0 Å². The topological polar surface area (TPSA) is 105 Å². The Labute approximate surface area is 201 Å². The molecular formula is C22H21ClN4O4S2. The number of anilines is 1. The first-order valence-electron chi connectivity index (χ1n) is 10.2. The van der Waals surface area contributed by atoms with Gasteiger partial charge in [-0.15, -0.1) is 16.8 Å². The number of amides is 1. The second-order valence-corrected chi connectivity index (χ2v) is 10.5. The molecule has 11 heteroatoms. The van der Waals surface area contributed by atoms with Crippen LogP contribution in [0.3, 0.4) is 0 Å². The molecule has 1 saturated heterocycles. The first kappa shape index (κ1) is 23.5. The third kappa shape index (κ3) is 5.14. The number of halogens is 1. The Morgan fingerprint density at radius 2 is 1.97 bits per heavy atom. The molecule has 1 aliphatic heterocycles. The fourth-order valence-electron chi connectivity index (χ4n) is 3.39. The standard InChI is InChI=1S/C22H21ClN4O4S2/c1-2-13-32-22-26-25-21(31-22)16-7-3-4-8-18(16)24-20(28)15-9-10-17(23)19(14-15)33(29,30)27-11-5-6-12-27/h2-4,7-10,14H,1,5-6,11-13H2,(H,24,28). The van der Waals surface area contributed by atoms with Crippen molar-refractivity contribution in [2.75, 3.05) is 24.2 Å². The van der Waals surface area contributed by atoms with Crippen LogP contribution in [0.4, 0.5) is 5.69 Å². The summed E-state index contributed by atoms with van der Waals surface area (Å²) in [6, 6.07) is 11.2. The molecule has 3 aromatic rings. The lowest BCUT2D eigenvalue weighted by atomic mass is 10.1. The van der Waals surface area contributed by atoms with Crippen molar-refractivity contribution in [1.29, 1.82) is 0 Å². The molecule has 172 valence electrons. The molecular weight excluding hydrogens is 484 g/mol. The highest BCUT2D eigenvalue weighted by Crippen LogP contribution is 2.31. The summed E-state index contributed by atoms with van der Waals surface area (Å²) in [7, 11) is -3.78. The third-order valence-corrected chi connectivity index (χ3v) is 8.21. The quantitative estimate of drug-likeness (QED) is 0.350. The third-order valence-electron chi connectivity index (χ3n) is 5.01. The molecule has 0 bridgehead atoms. The van der Waals surface area contributed by atoms with Crippen LogP contribution in [0.15, 0.2) is 69.7 Å². The number of aromatic nitrogens is 2. The van der Waals surface area contributed by atoms with E-state index >= 15 is 0 Å². The molecule has 4 rings (SSSR count). The first-order chi connectivity index (χ1) is 15.9. The maximum atomic E-state index is 13.0. The normalized spacial score (nSPS) is 14.3. The molecule has 2 heterocycles. The van der Waals surface area contributed by atoms with Gasteiger partial charge < -0.3 is 9.73 Å². The number of nitrogens with one attached hydrogen (secondary N) is 1. The van der Waals surface area contributed by atoms with Crippen LogP contribution in [0.1, 0.15) is 23.2 Å². The smallest absolute Gasteiger partial charge is 0.277 e. The number of benzene rings is 2. The number of thioether (sulfide) groups is 1. The van der Waals surface area contributed by atoms with E-state index in [9.17, 15) is 13.2 Å². The summed E-state index contributed by atoms with van der Waals surface area (Å²) in [6.07, 6.45) is 3.33. The fourth-order valence-corrected chi connectivity index (χ4v) is 5.90. The van der Waals surface area contributed by atoms with Crippen LogP contribution in [-0.2, 0) is 10.0 Å². The van der Waals surface area contributed by atoms with E-state index in [1.165, 1.54) is 34.3 Å². The van der Waals surface area contributed by atoms with E-state index in [0.29, 0.717) is 35.3 Å². The maximum Gasteiger partial charge on any atom is 0.277 e. The summed E-state index contributed by atoms with van der Waals surface area (Å²) >= 11 is 7.54. The van der Waals surface area contributed by atoms with Crippen molar-refractivity contribution in [3.8, 4) is 11.5 Å². The molecule has 0 aliphatic carbocycles. The number of nitrogens with zero attached hydrogens (tertiary/aromatic N) is 3. The van der Waals surface area contributed by atoms with Crippen molar-refractivity contribution < 1.29 is 17.6 Å². The lowest BCUT2D eigenvalue weighted by molar-refractivity contribution is 0.102. The van der Waals surface area contributed by atoms with E-state index in [4.69, 9.17) is 16.0 Å². The highest BCUT2D eigenvalue weighted by Gasteiger charge is 2.30. The van der Waals surface area contributed by atoms with E-state index < -0.39 is 15.9 Å². The molecule has 0 radical (unpaired) electrons. The van der Waals surface area contributed by atoms with Crippen molar-refractivity contribution in [3.05, 3.63) is 65.7 Å². The second-order valence-electron chi connectivity index (χ2n) is 7.23. The van der Waals surface area contributed by atoms with Crippen molar-refractivity contribution in [2.45, 2.75) is 23.0 Å². The molecule has 33 heavy (non-hydrogen) atoms. The number of hydrogen-bond donors (Lipinski definition) is 1. The van der Waals surface area contributed by atoms with Crippen molar-refractivity contribution in [3.63, 3.8) is 0 Å². The van der Waals surface area contributed by atoms with Crippen LogP contribution in [0.2, 0.25) is 5.02 Å². The Bertz CT molecular complexity index is 1290. The zero-order valence-corrected chi connectivity index (χ0v) is 19.9. The molecule has 0 atom stereocenters. The summed E-state index contributed by atoms with van der Waals surface area (Å²) in [5.41, 5.74) is 1.16. The molecule has 2 aromatic carbocycles. The van der Waals surface area contributed by atoms with Crippen molar-refractivity contribution >= 4 is 45.0 Å². The minimum Gasteiger partial charge on any atom is -0.411 e. The Balaban J connectivity index is 1.60. The summed E-state index contributed by atoms with van der Waals surface area (Å²) in [5, 5.41) is 11.3. The van der Waals surface area contributed by atoms with Crippen LogP contribution in [0, 0.1) is 0 Å². The van der Waals surface area contributed by atoms with Gasteiger partial charge in [-0.1, -0.05) is 41.6 Å². The Morgan fingerprint density at radius 1 is 1.21 bits per heavy atom. The molecule has 8 nitrogen and oxygen atoms in total. The molecule has 0 spiro atoms. The number of hydrogen-bond acceptors (Lipinski definition) is 7. The summed E-state index contributed by atoms with van der Waals surface area (Å²) < 4.78 is 33.0. The number of para-hydroxylation sites is 1. The number of carbonyl (C=O) groups excluding carboxylic acids is 1. The molecule has 1 aliphatic rings. The lowest BCUT2D eigenvalue weighted by Gasteiger charge is -2.17.